The van der Waals surface area contributed by atoms with Gasteiger partial charge in [0.2, 0.25) is 0 Å². The Bertz CT molecular complexity index is 1000. The first-order valence-corrected chi connectivity index (χ1v) is 8.22. The number of anilines is 1. The van der Waals surface area contributed by atoms with Gasteiger partial charge in [-0.25, -0.2) is 4.98 Å². The lowest BCUT2D eigenvalue weighted by Gasteiger charge is -2.19. The Morgan fingerprint density at radius 2 is 1.80 bits per heavy atom. The van der Waals surface area contributed by atoms with Crippen molar-refractivity contribution in [1.82, 2.24) is 9.38 Å². The van der Waals surface area contributed by atoms with E-state index in [9.17, 15) is 9.59 Å². The Morgan fingerprint density at radius 3 is 2.44 bits per heavy atom. The fraction of sp³-hybridized carbons (Fsp3) is 0.211. The van der Waals surface area contributed by atoms with Crippen LogP contribution in [0.4, 0.5) is 5.69 Å². The number of aromatic nitrogens is 2. The van der Waals surface area contributed by atoms with Gasteiger partial charge in [0.15, 0.2) is 0 Å². The Hall–Kier alpha value is -2.66. The Morgan fingerprint density at radius 1 is 1.12 bits per heavy atom. The van der Waals surface area contributed by atoms with Crippen molar-refractivity contribution in [3.63, 3.8) is 0 Å². The van der Waals surface area contributed by atoms with E-state index >= 15 is 0 Å². The third-order valence-corrected chi connectivity index (χ3v) is 4.15. The fourth-order valence-electron chi connectivity index (χ4n) is 2.45. The molecule has 0 saturated heterocycles. The number of rotatable bonds is 2. The molecule has 6 heteroatoms. The molecule has 1 aromatic carbocycles. The quantitative estimate of drug-likeness (QED) is 0.758. The molecule has 1 N–H and O–H groups in total. The highest BCUT2D eigenvalue weighted by Gasteiger charge is 2.15. The Labute approximate surface area is 150 Å². The van der Waals surface area contributed by atoms with Gasteiger partial charge in [0, 0.05) is 11.8 Å². The van der Waals surface area contributed by atoms with Crippen molar-refractivity contribution in [2.45, 2.75) is 26.2 Å². The van der Waals surface area contributed by atoms with Gasteiger partial charge in [0.25, 0.3) is 11.5 Å². The molecule has 0 bridgehead atoms. The molecule has 0 spiro atoms. The van der Waals surface area contributed by atoms with Crippen molar-refractivity contribution in [3.8, 4) is 0 Å². The zero-order valence-electron chi connectivity index (χ0n) is 14.2. The average Bonchev–Trinajstić information content (AvgIpc) is 2.57. The van der Waals surface area contributed by atoms with Gasteiger partial charge in [-0.05, 0) is 35.2 Å². The van der Waals surface area contributed by atoms with E-state index in [1.54, 1.807) is 24.3 Å². The third kappa shape index (κ3) is 3.56. The van der Waals surface area contributed by atoms with Crippen LogP contribution in [0.2, 0.25) is 5.02 Å². The van der Waals surface area contributed by atoms with Crippen LogP contribution in [0.15, 0.2) is 53.6 Å². The van der Waals surface area contributed by atoms with Crippen LogP contribution in [0.25, 0.3) is 5.65 Å². The molecule has 0 atom stereocenters. The van der Waals surface area contributed by atoms with Crippen LogP contribution in [0.1, 0.15) is 36.7 Å². The molecule has 2 aromatic heterocycles. The van der Waals surface area contributed by atoms with Crippen LogP contribution >= 0.6 is 11.6 Å². The Kier molecular flexibility index (Phi) is 4.35. The molecule has 25 heavy (non-hydrogen) atoms. The normalized spacial score (nSPS) is 11.5. The maximum Gasteiger partial charge on any atom is 0.281 e. The molecule has 0 radical (unpaired) electrons. The van der Waals surface area contributed by atoms with E-state index in [4.69, 9.17) is 11.6 Å². The van der Waals surface area contributed by atoms with Gasteiger partial charge in [-0.1, -0.05) is 44.5 Å². The summed E-state index contributed by atoms with van der Waals surface area (Å²) in [5.41, 5.74) is 1.79. The first-order chi connectivity index (χ1) is 11.8. The first-order valence-electron chi connectivity index (χ1n) is 7.84. The molecule has 0 aliphatic heterocycles. The average molecular weight is 356 g/mol. The number of halogens is 1. The minimum atomic E-state index is -0.382. The van der Waals surface area contributed by atoms with Crippen LogP contribution in [-0.2, 0) is 5.41 Å². The lowest BCUT2D eigenvalue weighted by Crippen LogP contribution is -2.23. The lowest BCUT2D eigenvalue weighted by atomic mass is 9.87. The van der Waals surface area contributed by atoms with E-state index in [0.717, 1.165) is 5.56 Å². The monoisotopic (exact) mass is 355 g/mol. The highest BCUT2D eigenvalue weighted by molar-refractivity contribution is 6.30. The van der Waals surface area contributed by atoms with E-state index in [0.29, 0.717) is 16.2 Å². The summed E-state index contributed by atoms with van der Waals surface area (Å²) in [6.07, 6.45) is 2.83. The van der Waals surface area contributed by atoms with E-state index < -0.39 is 0 Å². The van der Waals surface area contributed by atoms with Crippen molar-refractivity contribution in [2.75, 3.05) is 5.32 Å². The molecule has 0 fully saturated rings. The summed E-state index contributed by atoms with van der Waals surface area (Å²) in [6.45, 7) is 6.32. The highest BCUT2D eigenvalue weighted by atomic mass is 35.5. The summed E-state index contributed by atoms with van der Waals surface area (Å²) in [6, 6.07) is 10.6. The second kappa shape index (κ2) is 6.33. The van der Waals surface area contributed by atoms with Gasteiger partial charge >= 0.3 is 0 Å². The summed E-state index contributed by atoms with van der Waals surface area (Å²) in [5.74, 6) is -0.360. The van der Waals surface area contributed by atoms with Crippen LogP contribution in [-0.4, -0.2) is 15.3 Å². The van der Waals surface area contributed by atoms with Gasteiger partial charge < -0.3 is 5.32 Å². The number of fused-ring (bicyclic) bond motifs is 1. The maximum atomic E-state index is 12.5. The van der Waals surface area contributed by atoms with Crippen molar-refractivity contribution in [3.05, 3.63) is 75.3 Å². The van der Waals surface area contributed by atoms with E-state index in [-0.39, 0.29) is 22.6 Å². The molecule has 128 valence electrons. The van der Waals surface area contributed by atoms with E-state index in [1.807, 2.05) is 12.1 Å². The number of amides is 1. The smallest absolute Gasteiger partial charge is 0.281 e. The van der Waals surface area contributed by atoms with Crippen LogP contribution in [0.5, 0.6) is 0 Å². The molecular weight excluding hydrogens is 338 g/mol. The number of carbonyl (C=O) groups is 1. The minimum Gasteiger partial charge on any atom is -0.316 e. The number of benzene rings is 1. The van der Waals surface area contributed by atoms with E-state index in [2.05, 4.69) is 31.1 Å². The fourth-order valence-corrected chi connectivity index (χ4v) is 2.61. The van der Waals surface area contributed by atoms with Gasteiger partial charge in [0.05, 0.1) is 11.2 Å². The predicted octanol–water partition coefficient (Wildman–Crippen LogP) is 3.90. The summed E-state index contributed by atoms with van der Waals surface area (Å²) >= 11 is 5.92. The summed E-state index contributed by atoms with van der Waals surface area (Å²) in [7, 11) is 0. The second-order valence-corrected chi connectivity index (χ2v) is 7.27. The number of nitrogens with one attached hydrogen (secondary N) is 1. The zero-order chi connectivity index (χ0) is 18.2. The summed E-state index contributed by atoms with van der Waals surface area (Å²) < 4.78 is 1.31. The van der Waals surface area contributed by atoms with Crippen LogP contribution in [0.3, 0.4) is 0 Å². The number of hydrogen-bond donors (Lipinski definition) is 1. The first kappa shape index (κ1) is 17.2. The van der Waals surface area contributed by atoms with Gasteiger partial charge in [-0.15, -0.1) is 0 Å². The largest absolute Gasteiger partial charge is 0.316 e. The molecule has 0 aliphatic rings. The van der Waals surface area contributed by atoms with Gasteiger partial charge in [-0.3, -0.25) is 14.0 Å². The summed E-state index contributed by atoms with van der Waals surface area (Å²) in [5, 5.41) is 3.03. The van der Waals surface area contributed by atoms with Gasteiger partial charge in [0.1, 0.15) is 11.3 Å². The number of pyridine rings is 1. The molecule has 2 heterocycles. The SMILES string of the molecule is CC(C)(C)c1ccc(C(=O)Nc2cnc3ccc(Cl)cn3c2=O)cc1. The molecule has 3 rings (SSSR count). The second-order valence-electron chi connectivity index (χ2n) is 6.83. The number of nitrogens with zero attached hydrogens (tertiary/aromatic N) is 2. The highest BCUT2D eigenvalue weighted by Crippen LogP contribution is 2.22. The number of carbonyl (C=O) groups excluding carboxylic acids is 1. The minimum absolute atomic E-state index is 0.00929. The molecular formula is C19H18ClN3O2. The Balaban J connectivity index is 1.89. The maximum absolute atomic E-state index is 12.5. The number of hydrogen-bond acceptors (Lipinski definition) is 3. The van der Waals surface area contributed by atoms with Crippen molar-refractivity contribution >= 4 is 28.8 Å². The van der Waals surface area contributed by atoms with Crippen molar-refractivity contribution in [2.24, 2.45) is 0 Å². The molecule has 0 unspecified atom stereocenters. The zero-order valence-corrected chi connectivity index (χ0v) is 15.0. The van der Waals surface area contributed by atoms with Crippen molar-refractivity contribution < 1.29 is 4.79 Å². The van der Waals surface area contributed by atoms with Crippen LogP contribution in [0, 0.1) is 0 Å². The predicted molar refractivity (Wildman–Crippen MR) is 99.6 cm³/mol. The lowest BCUT2D eigenvalue weighted by molar-refractivity contribution is 0.102. The molecule has 0 saturated carbocycles. The molecule has 0 aliphatic carbocycles. The molecule has 3 aromatic rings. The summed E-state index contributed by atoms with van der Waals surface area (Å²) in [4.78, 5) is 29.1. The third-order valence-electron chi connectivity index (χ3n) is 3.93. The van der Waals surface area contributed by atoms with Gasteiger partial charge in [-0.2, -0.15) is 0 Å². The standard InChI is InChI=1S/C19H18ClN3O2/c1-19(2,3)13-6-4-12(5-7-13)17(24)22-15-10-21-16-9-8-14(20)11-23(16)18(15)25/h4-11H,1-3H3,(H,22,24). The van der Waals surface area contributed by atoms with Crippen LogP contribution < -0.4 is 10.9 Å². The molecule has 5 nitrogen and oxygen atoms in total. The van der Waals surface area contributed by atoms with Crippen molar-refractivity contribution in [1.29, 1.82) is 0 Å². The topological polar surface area (TPSA) is 63.5 Å². The van der Waals surface area contributed by atoms with E-state index in [1.165, 1.54) is 16.8 Å². The molecule has 1 amide bonds.